The van der Waals surface area contributed by atoms with Crippen molar-refractivity contribution in [3.05, 3.63) is 243 Å². The fraction of sp³-hybridized carbons (Fsp3) is 0.197. The minimum absolute atomic E-state index is 0. The first-order valence-electron chi connectivity index (χ1n) is 25.9. The maximum absolute atomic E-state index is 12.4. The van der Waals surface area contributed by atoms with Crippen LogP contribution in [0.15, 0.2) is 198 Å². The van der Waals surface area contributed by atoms with Crippen LogP contribution in [0.25, 0.3) is 33.5 Å². The van der Waals surface area contributed by atoms with Crippen molar-refractivity contribution < 1.29 is 11.0 Å². The van der Waals surface area contributed by atoms with Crippen molar-refractivity contribution in [2.75, 3.05) is 20.9 Å². The number of aryl methyl sites for hydroxylation is 2. The summed E-state index contributed by atoms with van der Waals surface area (Å²) in [5.41, 5.74) is 20.4. The Morgan fingerprint density at radius 1 is 0.583 bits per heavy atom. The molecule has 7 heterocycles. The van der Waals surface area contributed by atoms with Crippen LogP contribution < -0.4 is 33.9 Å². The van der Waals surface area contributed by atoms with Crippen molar-refractivity contribution in [3.63, 3.8) is 0 Å². The molecule has 0 aliphatic carbocycles. The number of rotatable bonds is 11. The van der Waals surface area contributed by atoms with Crippen LogP contribution in [0.2, 0.25) is 0 Å². The standard InChI is InChI=1S/C17H17N3O2.C14H12BrN3O.C13H10BrN3O.C12H12BrN3.C2H5NO.2CH3I.CH4/c1-12(21)8-14-9-15-16(18-10-14)19(2)17(22)20(15)11-13-6-4-3-5-7-13;1-17-13-12(7-11(15)8-16-13)18(14(17)19)9-10-5-3-2-4-6-10;14-10-6-11-12(15-7-10)16-13(18)17(11)8-9-4-2-1-3-5-9;13-10-6-11(12(14)16-8-10)15-7-9-4-2-1-3-5-9;1-2(3)4;2*1-2;/h3-7,9-10H,8,11H2,1-2H3;2-8H,9H2,1H3;1-7H,8H2,(H,15,16,18);1-6,8,15H,7H2,(H2,14,16);1H3,(H2,3,4);2*1H3;1H4/i;;;;;1D;;. The summed E-state index contributed by atoms with van der Waals surface area (Å²) in [6.45, 7) is 5.17. The van der Waals surface area contributed by atoms with Crippen molar-refractivity contribution in [2.24, 2.45) is 19.8 Å². The number of aromatic amines is 1. The van der Waals surface area contributed by atoms with Crippen molar-refractivity contribution in [1.29, 1.82) is 0 Å². The van der Waals surface area contributed by atoms with Crippen LogP contribution in [0.4, 0.5) is 11.5 Å². The van der Waals surface area contributed by atoms with Crippen LogP contribution in [0.3, 0.4) is 0 Å². The zero-order valence-corrected chi connectivity index (χ0v) is 55.1. The zero-order valence-electron chi connectivity index (χ0n) is 47.0. The Hall–Kier alpha value is -7.07. The lowest BCUT2D eigenvalue weighted by Crippen LogP contribution is -2.22. The predicted octanol–water partition coefficient (Wildman–Crippen LogP) is 12.3. The number of alkyl halides is 2. The van der Waals surface area contributed by atoms with E-state index in [2.05, 4.69) is 118 Å². The van der Waals surface area contributed by atoms with Crippen LogP contribution in [-0.4, -0.2) is 69.3 Å². The van der Waals surface area contributed by atoms with Crippen LogP contribution >= 0.6 is 93.0 Å². The molecule has 0 saturated carbocycles. The number of ketones is 1. The lowest BCUT2D eigenvalue weighted by Gasteiger charge is -2.08. The topological polar surface area (TPSA) is 241 Å². The molecule has 0 saturated heterocycles. The Kier molecular flexibility index (Phi) is 28.4. The third-order valence-corrected chi connectivity index (χ3v) is 13.1. The molecule has 11 rings (SSSR count). The van der Waals surface area contributed by atoms with Gasteiger partial charge in [-0.25, -0.2) is 34.3 Å². The molecule has 0 spiro atoms. The van der Waals surface area contributed by atoms with Gasteiger partial charge in [0.15, 0.2) is 16.9 Å². The van der Waals surface area contributed by atoms with Crippen molar-refractivity contribution >= 4 is 150 Å². The van der Waals surface area contributed by atoms with Crippen LogP contribution in [-0.2, 0) is 56.3 Å². The molecule has 0 bridgehead atoms. The summed E-state index contributed by atoms with van der Waals surface area (Å²) in [6, 6.07) is 47.4. The highest BCUT2D eigenvalue weighted by molar-refractivity contribution is 14.1. The van der Waals surface area contributed by atoms with Crippen molar-refractivity contribution in [2.45, 2.75) is 53.9 Å². The van der Waals surface area contributed by atoms with Gasteiger partial charge < -0.3 is 16.8 Å². The summed E-state index contributed by atoms with van der Waals surface area (Å²) in [5.74, 6) is 0.258. The number of primary amides is 1. The molecule has 0 aliphatic rings. The average molecular weight is 1560 g/mol. The summed E-state index contributed by atoms with van der Waals surface area (Å²) >= 11 is 14.2. The largest absolute Gasteiger partial charge is 0.382 e. The molecule has 0 unspecified atom stereocenters. The van der Waals surface area contributed by atoms with E-state index in [1.807, 2.05) is 161 Å². The van der Waals surface area contributed by atoms with Gasteiger partial charge in [0.05, 0.1) is 41.9 Å². The van der Waals surface area contributed by atoms with Gasteiger partial charge in [-0.05, 0) is 117 Å². The summed E-state index contributed by atoms with van der Waals surface area (Å²) in [7, 11) is 3.46. The lowest BCUT2D eigenvalue weighted by molar-refractivity contribution is -0.117. The third-order valence-electron chi connectivity index (χ3n) is 11.8. The number of nitrogens with one attached hydrogen (secondary N) is 2. The number of amides is 1. The van der Waals surface area contributed by atoms with E-state index >= 15 is 0 Å². The first-order valence-corrected chi connectivity index (χ1v) is 31.2. The molecule has 23 heteroatoms. The number of Topliss-reactive ketones (excluding diaryl/α,β-unsaturated/α-hetero) is 1. The normalized spacial score (nSPS) is 10.2. The van der Waals surface area contributed by atoms with Gasteiger partial charge in [0.25, 0.3) is 0 Å². The van der Waals surface area contributed by atoms with Gasteiger partial charge in [-0.15, -0.1) is 0 Å². The minimum Gasteiger partial charge on any atom is -0.382 e. The first kappa shape index (κ1) is 67.7. The number of nitrogen functional groups attached to an aromatic ring is 1. The molecule has 440 valence electrons. The van der Waals surface area contributed by atoms with Crippen LogP contribution in [0.1, 0.15) is 50.5 Å². The number of H-pyrrole nitrogens is 1. The number of carbonyl (C=O) groups is 2. The Balaban J connectivity index is 0.000000232. The van der Waals surface area contributed by atoms with E-state index in [1.165, 1.54) is 17.1 Å². The van der Waals surface area contributed by atoms with Crippen LogP contribution in [0.5, 0.6) is 0 Å². The van der Waals surface area contributed by atoms with Gasteiger partial charge in [-0.2, -0.15) is 0 Å². The van der Waals surface area contributed by atoms with E-state index in [1.54, 1.807) is 64.1 Å². The van der Waals surface area contributed by atoms with E-state index in [-0.39, 0.29) is 36.2 Å². The number of carbonyl (C=O) groups excluding carboxylic acids is 2. The van der Waals surface area contributed by atoms with E-state index < -0.39 is 0 Å². The number of imidazole rings is 3. The van der Waals surface area contributed by atoms with Gasteiger partial charge in [0.2, 0.25) is 5.91 Å². The van der Waals surface area contributed by atoms with E-state index in [0.717, 1.165) is 64.5 Å². The number of pyridine rings is 4. The summed E-state index contributed by atoms with van der Waals surface area (Å²) < 4.78 is 17.1. The van der Waals surface area contributed by atoms with E-state index in [0.29, 0.717) is 53.7 Å². The molecule has 1 amide bonds. The maximum atomic E-state index is 12.4. The number of hydrogen-bond acceptors (Lipinski definition) is 11. The number of aromatic nitrogens is 10. The van der Waals surface area contributed by atoms with E-state index in [4.69, 9.17) is 7.10 Å². The molecular weight excluding hydrogens is 1490 g/mol. The monoisotopic (exact) mass is 1550 g/mol. The number of fused-ring (bicyclic) bond motifs is 3. The summed E-state index contributed by atoms with van der Waals surface area (Å²) in [4.78, 5) is 79.2. The number of nitrogens with two attached hydrogens (primary N) is 2. The highest BCUT2D eigenvalue weighted by Crippen LogP contribution is 2.22. The van der Waals surface area contributed by atoms with Gasteiger partial charge in [-0.3, -0.25) is 37.4 Å². The molecule has 11 aromatic rings. The molecule has 4 aromatic carbocycles. The highest BCUT2D eigenvalue weighted by atomic mass is 127. The molecule has 84 heavy (non-hydrogen) atoms. The second-order valence-electron chi connectivity index (χ2n) is 17.9. The summed E-state index contributed by atoms with van der Waals surface area (Å²) in [5, 5.41) is 3.25. The Morgan fingerprint density at radius 3 is 1.43 bits per heavy atom. The SMILES string of the molecule is C.CC(=O)Cc1cnc2c(c1)n(Cc1ccccc1)c(=O)n2C.CC(N)=O.CI.Cn1c(=O)n(Cc2ccccc2)c2cc(Br)cnc21.Nc1ncc(Br)cc1NCc1ccccc1.O=c1[nH]c2ncc(Br)cc2n1Cc1ccccc1.[2H]CI. The third kappa shape index (κ3) is 20.3. The molecular formula is C61H66Br3I2N13O5. The van der Waals surface area contributed by atoms with Crippen LogP contribution in [0, 0.1) is 0 Å². The second kappa shape index (κ2) is 35.3. The molecule has 7 aromatic heterocycles. The quantitative estimate of drug-likeness (QED) is 0.0701. The molecule has 0 radical (unpaired) electrons. The van der Waals surface area contributed by atoms with Gasteiger partial charge in [0.1, 0.15) is 11.6 Å². The number of halogens is 5. The molecule has 0 aliphatic heterocycles. The highest BCUT2D eigenvalue weighted by Gasteiger charge is 2.15. The Labute approximate surface area is 541 Å². The number of hydrogen-bond donors (Lipinski definition) is 4. The first-order chi connectivity index (χ1) is 40.4. The fourth-order valence-electron chi connectivity index (χ4n) is 8.11. The smallest absolute Gasteiger partial charge is 0.330 e. The zero-order chi connectivity index (χ0) is 61.3. The predicted molar refractivity (Wildman–Crippen MR) is 368 cm³/mol. The molecule has 0 fully saturated rings. The second-order valence-corrected chi connectivity index (χ2v) is 20.7. The number of nitrogens with zero attached hydrogens (tertiary/aromatic N) is 9. The number of anilines is 2. The summed E-state index contributed by atoms with van der Waals surface area (Å²) in [6.07, 6.45) is 7.05. The average Bonchev–Trinajstić information content (AvgIpc) is 2.48. The van der Waals surface area contributed by atoms with Gasteiger partial charge >= 0.3 is 17.1 Å². The maximum Gasteiger partial charge on any atom is 0.330 e. The number of benzene rings is 4. The van der Waals surface area contributed by atoms with Gasteiger partial charge in [0, 0.05) is 73.6 Å². The van der Waals surface area contributed by atoms with Crippen molar-refractivity contribution in [3.8, 4) is 0 Å². The Bertz CT molecular complexity index is 4070. The minimum atomic E-state index is -0.333. The van der Waals surface area contributed by atoms with Crippen molar-refractivity contribution in [1.82, 2.24) is 47.8 Å². The lowest BCUT2D eigenvalue weighted by atomic mass is 10.1. The molecule has 18 nitrogen and oxygen atoms in total. The Morgan fingerprint density at radius 2 is 0.964 bits per heavy atom. The molecule has 6 N–H and O–H groups in total. The van der Waals surface area contributed by atoms with Gasteiger partial charge in [-0.1, -0.05) is 174 Å². The fourth-order valence-corrected chi connectivity index (χ4v) is 9.08. The molecule has 0 atom stereocenters. The van der Waals surface area contributed by atoms with E-state index in [9.17, 15) is 24.0 Å².